The third-order valence-electron chi connectivity index (χ3n) is 8.64. The van der Waals surface area contributed by atoms with Crippen LogP contribution in [-0.4, -0.2) is 40.1 Å². The fourth-order valence-corrected chi connectivity index (χ4v) is 6.80. The summed E-state index contributed by atoms with van der Waals surface area (Å²) in [5.41, 5.74) is 4.03. The maximum absolute atomic E-state index is 13.9. The number of amides is 2. The topological polar surface area (TPSA) is 130 Å². The van der Waals surface area contributed by atoms with Crippen LogP contribution in [0.15, 0.2) is 65.3 Å². The van der Waals surface area contributed by atoms with Gasteiger partial charge in [0.25, 0.3) is 5.69 Å². The van der Waals surface area contributed by atoms with E-state index in [-0.39, 0.29) is 41.2 Å². The summed E-state index contributed by atoms with van der Waals surface area (Å²) in [7, 11) is -1.07. The van der Waals surface area contributed by atoms with E-state index in [0.29, 0.717) is 19.3 Å². The Bertz CT molecular complexity index is 1420. The molecule has 2 saturated heterocycles. The molecule has 41 heavy (non-hydrogen) atoms. The fraction of sp³-hybridized carbons (Fsp3) is 0.419. The summed E-state index contributed by atoms with van der Waals surface area (Å²) in [6.45, 7) is 4.13. The molecule has 214 valence electrons. The number of phenols is 1. The smallest absolute Gasteiger partial charge is 0.455 e. The van der Waals surface area contributed by atoms with E-state index in [1.54, 1.807) is 18.2 Å². The van der Waals surface area contributed by atoms with Gasteiger partial charge in [-0.2, -0.15) is 0 Å². The van der Waals surface area contributed by atoms with Crippen molar-refractivity contribution in [2.45, 2.75) is 64.8 Å². The maximum Gasteiger partial charge on any atom is 0.455 e. The van der Waals surface area contributed by atoms with Gasteiger partial charge in [0.1, 0.15) is 5.75 Å². The highest BCUT2D eigenvalue weighted by Gasteiger charge is 2.57. The summed E-state index contributed by atoms with van der Waals surface area (Å²) in [5.74, 6) is -2.08. The van der Waals surface area contributed by atoms with Gasteiger partial charge >= 0.3 is 7.12 Å². The fourth-order valence-electron chi connectivity index (χ4n) is 6.80. The number of hydrogen-bond donors (Lipinski definition) is 2. The molecule has 0 saturated carbocycles. The van der Waals surface area contributed by atoms with Crippen LogP contribution in [0.1, 0.15) is 57.9 Å². The highest BCUT2D eigenvalue weighted by molar-refractivity contribution is 6.43. The largest absolute Gasteiger partial charge is 0.507 e. The molecule has 3 aliphatic rings. The lowest BCUT2D eigenvalue weighted by molar-refractivity contribution is -0.384. The SMILES string of the molecule is CCCC1=C2[C@@H](CC/C(=C/c3ccccc3O)CC)OB(O)C[C@@H]2[C@@H]2C(=O)N(c3cccc([N+](=O)[O-])c3)C(=O)[C@@H]2C1. The molecule has 9 nitrogen and oxygen atoms in total. The molecule has 2 aromatic carbocycles. The van der Waals surface area contributed by atoms with Gasteiger partial charge in [0.2, 0.25) is 11.8 Å². The van der Waals surface area contributed by atoms with Crippen LogP contribution >= 0.6 is 0 Å². The van der Waals surface area contributed by atoms with Gasteiger partial charge in [0.05, 0.1) is 28.6 Å². The van der Waals surface area contributed by atoms with Gasteiger partial charge in [-0.05, 0) is 62.0 Å². The first-order valence-corrected chi connectivity index (χ1v) is 14.4. The zero-order valence-electron chi connectivity index (χ0n) is 23.4. The normalized spacial score (nSPS) is 24.5. The number of rotatable bonds is 9. The number of benzene rings is 2. The summed E-state index contributed by atoms with van der Waals surface area (Å²) in [6, 6.07) is 12.8. The minimum Gasteiger partial charge on any atom is -0.507 e. The van der Waals surface area contributed by atoms with E-state index in [2.05, 4.69) is 13.8 Å². The molecule has 2 heterocycles. The Morgan fingerprint density at radius 3 is 2.63 bits per heavy atom. The highest BCUT2D eigenvalue weighted by Crippen LogP contribution is 2.52. The van der Waals surface area contributed by atoms with Gasteiger partial charge in [0.15, 0.2) is 0 Å². The Morgan fingerprint density at radius 2 is 1.93 bits per heavy atom. The molecule has 0 bridgehead atoms. The van der Waals surface area contributed by atoms with Gasteiger partial charge in [-0.25, -0.2) is 4.90 Å². The zero-order chi connectivity index (χ0) is 29.3. The number of carbonyl (C=O) groups is 2. The van der Waals surface area contributed by atoms with Crippen molar-refractivity contribution in [3.63, 3.8) is 0 Å². The quantitative estimate of drug-likeness (QED) is 0.133. The third-order valence-corrected chi connectivity index (χ3v) is 8.64. The number of aromatic hydroxyl groups is 1. The second kappa shape index (κ2) is 12.0. The van der Waals surface area contributed by atoms with E-state index in [4.69, 9.17) is 4.65 Å². The number of phenolic OH excluding ortho intramolecular Hbond substituents is 1. The maximum atomic E-state index is 13.9. The lowest BCUT2D eigenvalue weighted by Gasteiger charge is -2.43. The Kier molecular flexibility index (Phi) is 8.42. The van der Waals surface area contributed by atoms with Gasteiger partial charge in [-0.1, -0.05) is 61.8 Å². The molecule has 10 heteroatoms. The lowest BCUT2D eigenvalue weighted by Crippen LogP contribution is -2.46. The van der Waals surface area contributed by atoms with Crippen molar-refractivity contribution in [1.82, 2.24) is 0 Å². The van der Waals surface area contributed by atoms with Crippen LogP contribution in [0.2, 0.25) is 6.32 Å². The number of non-ortho nitro benzene ring substituents is 1. The van der Waals surface area contributed by atoms with Gasteiger partial charge < -0.3 is 14.8 Å². The van der Waals surface area contributed by atoms with Crippen LogP contribution < -0.4 is 4.90 Å². The van der Waals surface area contributed by atoms with Crippen LogP contribution in [-0.2, 0) is 14.2 Å². The Balaban J connectivity index is 1.45. The first-order valence-electron chi connectivity index (χ1n) is 14.4. The molecule has 2 aliphatic heterocycles. The molecule has 2 N–H and O–H groups in total. The van der Waals surface area contributed by atoms with E-state index < -0.39 is 30.0 Å². The number of allylic oxidation sites excluding steroid dienone is 2. The summed E-state index contributed by atoms with van der Waals surface area (Å²) >= 11 is 0. The summed E-state index contributed by atoms with van der Waals surface area (Å²) in [4.78, 5) is 39.5. The van der Waals surface area contributed by atoms with Crippen LogP contribution in [0.25, 0.3) is 6.08 Å². The molecule has 0 unspecified atom stereocenters. The number of carbonyl (C=O) groups excluding carboxylic acids is 2. The number of nitro benzene ring substituents is 1. The second-order valence-corrected chi connectivity index (χ2v) is 11.1. The van der Waals surface area contributed by atoms with E-state index in [1.807, 2.05) is 18.2 Å². The highest BCUT2D eigenvalue weighted by atomic mass is 16.6. The Labute approximate surface area is 239 Å². The van der Waals surface area contributed by atoms with E-state index in [1.165, 1.54) is 18.2 Å². The molecule has 2 aromatic rings. The minimum absolute atomic E-state index is 0.186. The van der Waals surface area contributed by atoms with E-state index in [0.717, 1.165) is 46.4 Å². The predicted octanol–water partition coefficient (Wildman–Crippen LogP) is 5.68. The summed E-state index contributed by atoms with van der Waals surface area (Å²) in [6.07, 6.45) is 5.92. The second-order valence-electron chi connectivity index (χ2n) is 11.1. The molecular formula is C31H35BN2O7. The molecule has 0 spiro atoms. The van der Waals surface area contributed by atoms with Crippen LogP contribution in [0.4, 0.5) is 11.4 Å². The monoisotopic (exact) mass is 558 g/mol. The van der Waals surface area contributed by atoms with Gasteiger partial charge in [-0.15, -0.1) is 0 Å². The predicted molar refractivity (Wildman–Crippen MR) is 156 cm³/mol. The number of hydrogen-bond acceptors (Lipinski definition) is 7. The average molecular weight is 558 g/mol. The first kappa shape index (κ1) is 28.8. The van der Waals surface area contributed by atoms with E-state index >= 15 is 0 Å². The lowest BCUT2D eigenvalue weighted by atomic mass is 9.58. The standard InChI is InChI=1S/C31H35BN2O7/c1-3-8-21-16-24-29(31(37)33(30(24)36)22-10-7-11-23(17-22)34(39)40)25-18-32(38)41-27(28(21)25)14-13-19(4-2)15-20-9-5-6-12-26(20)35/h5-7,9-12,15,17,24-25,27,29,35,38H,3-4,8,13-14,16,18H2,1-2H3/b19-15+/t24-,25+,27-,29-/m1/s1. The first-order chi connectivity index (χ1) is 19.7. The third kappa shape index (κ3) is 5.58. The number of para-hydroxylation sites is 1. The van der Waals surface area contributed by atoms with E-state index in [9.17, 15) is 29.8 Å². The molecular weight excluding hydrogens is 523 g/mol. The molecule has 1 aliphatic carbocycles. The number of imide groups is 1. The van der Waals surface area contributed by atoms with Crippen molar-refractivity contribution in [3.8, 4) is 5.75 Å². The summed E-state index contributed by atoms with van der Waals surface area (Å²) < 4.78 is 6.10. The van der Waals surface area contributed by atoms with Crippen LogP contribution in [0, 0.1) is 27.9 Å². The Hall–Kier alpha value is -3.76. The molecule has 0 aromatic heterocycles. The molecule has 2 amide bonds. The van der Waals surface area contributed by atoms with Gasteiger partial charge in [0, 0.05) is 17.7 Å². The molecule has 0 radical (unpaired) electrons. The average Bonchev–Trinajstić information content (AvgIpc) is 3.21. The van der Waals surface area contributed by atoms with Crippen molar-refractivity contribution in [2.75, 3.05) is 4.90 Å². The number of nitrogens with zero attached hydrogens (tertiary/aromatic N) is 2. The van der Waals surface area contributed by atoms with Crippen LogP contribution in [0.3, 0.4) is 0 Å². The molecule has 4 atom stereocenters. The van der Waals surface area contributed by atoms with Crippen molar-refractivity contribution < 1.29 is 29.3 Å². The molecule has 2 fully saturated rings. The van der Waals surface area contributed by atoms with Crippen molar-refractivity contribution >= 4 is 36.4 Å². The minimum atomic E-state index is -1.07. The van der Waals surface area contributed by atoms with Crippen molar-refractivity contribution in [1.29, 1.82) is 0 Å². The summed E-state index contributed by atoms with van der Waals surface area (Å²) in [5, 5.41) is 32.4. The number of fused-ring (bicyclic) bond motifs is 3. The molecule has 5 rings (SSSR count). The number of nitro groups is 1. The Morgan fingerprint density at radius 1 is 1.15 bits per heavy atom. The van der Waals surface area contributed by atoms with Crippen molar-refractivity contribution in [3.05, 3.63) is 80.9 Å². The number of anilines is 1. The van der Waals surface area contributed by atoms with Gasteiger partial charge in [-0.3, -0.25) is 19.7 Å². The zero-order valence-corrected chi connectivity index (χ0v) is 23.4. The van der Waals surface area contributed by atoms with Crippen LogP contribution in [0.5, 0.6) is 5.75 Å². The van der Waals surface area contributed by atoms with Crippen molar-refractivity contribution in [2.24, 2.45) is 17.8 Å².